The summed E-state index contributed by atoms with van der Waals surface area (Å²) in [5.41, 5.74) is 0.955. The van der Waals surface area contributed by atoms with Crippen LogP contribution in [-0.4, -0.2) is 31.7 Å². The molecule has 3 rings (SSSR count). The molecule has 1 aromatic carbocycles. The van der Waals surface area contributed by atoms with Crippen molar-refractivity contribution >= 4 is 23.5 Å². The van der Waals surface area contributed by atoms with E-state index in [4.69, 9.17) is 14.2 Å². The maximum Gasteiger partial charge on any atom is 0.336 e. The minimum Gasteiger partial charge on any atom is -0.466 e. The number of fused-ring (bicyclic) bond motifs is 1. The molecule has 0 fully saturated rings. The smallest absolute Gasteiger partial charge is 0.336 e. The standard InChI is InChI=1S/C16H16N2O6/c1-8-14(16(21)22-2)10(6-13(19)17-8)15(20)18-9-3-4-11-12(5-9)24-7-23-11/h3-5,10H,6-7H2,1-2H3,(H,17,19)(H,18,20)/t10-/m0/s1. The molecule has 1 aromatic rings. The Bertz CT molecular complexity index is 755. The average Bonchev–Trinajstić information content (AvgIpc) is 3.01. The van der Waals surface area contributed by atoms with Gasteiger partial charge < -0.3 is 24.8 Å². The number of methoxy groups -OCH3 is 1. The molecule has 8 heteroatoms. The molecule has 126 valence electrons. The molecular weight excluding hydrogens is 316 g/mol. The zero-order valence-electron chi connectivity index (χ0n) is 13.2. The highest BCUT2D eigenvalue weighted by molar-refractivity contribution is 6.06. The van der Waals surface area contributed by atoms with E-state index in [2.05, 4.69) is 10.6 Å². The Kier molecular flexibility index (Phi) is 4.11. The Balaban J connectivity index is 1.83. The quantitative estimate of drug-likeness (QED) is 0.799. The largest absolute Gasteiger partial charge is 0.466 e. The normalized spacial score (nSPS) is 18.9. The highest BCUT2D eigenvalue weighted by Gasteiger charge is 2.36. The molecule has 0 aromatic heterocycles. The summed E-state index contributed by atoms with van der Waals surface area (Å²) in [7, 11) is 1.23. The lowest BCUT2D eigenvalue weighted by molar-refractivity contribution is -0.139. The molecule has 0 unspecified atom stereocenters. The average molecular weight is 332 g/mol. The van der Waals surface area contributed by atoms with Crippen LogP contribution in [0.4, 0.5) is 5.69 Å². The molecule has 0 saturated heterocycles. The van der Waals surface area contributed by atoms with Crippen molar-refractivity contribution in [3.05, 3.63) is 29.5 Å². The Labute approximate surface area is 137 Å². The molecule has 0 radical (unpaired) electrons. The first-order chi connectivity index (χ1) is 11.5. The summed E-state index contributed by atoms with van der Waals surface area (Å²) in [6.07, 6.45) is -0.127. The minimum atomic E-state index is -0.920. The Morgan fingerprint density at radius 1 is 1.29 bits per heavy atom. The summed E-state index contributed by atoms with van der Waals surface area (Å²) in [4.78, 5) is 36.3. The summed E-state index contributed by atoms with van der Waals surface area (Å²) < 4.78 is 15.2. The van der Waals surface area contributed by atoms with Crippen molar-refractivity contribution in [1.82, 2.24) is 5.32 Å². The zero-order valence-corrected chi connectivity index (χ0v) is 13.2. The van der Waals surface area contributed by atoms with E-state index in [0.29, 0.717) is 22.9 Å². The van der Waals surface area contributed by atoms with Gasteiger partial charge in [0.25, 0.3) is 0 Å². The van der Waals surface area contributed by atoms with Gasteiger partial charge in [0.15, 0.2) is 11.5 Å². The van der Waals surface area contributed by atoms with E-state index < -0.39 is 17.8 Å². The van der Waals surface area contributed by atoms with E-state index >= 15 is 0 Å². The van der Waals surface area contributed by atoms with Crippen molar-refractivity contribution in [2.45, 2.75) is 13.3 Å². The van der Waals surface area contributed by atoms with Crippen LogP contribution in [-0.2, 0) is 19.1 Å². The third-order valence-electron chi connectivity index (χ3n) is 3.83. The number of allylic oxidation sites excluding steroid dienone is 1. The molecular formula is C16H16N2O6. The summed E-state index contributed by atoms with van der Waals surface area (Å²) in [5, 5.41) is 5.25. The second-order valence-corrected chi connectivity index (χ2v) is 5.39. The van der Waals surface area contributed by atoms with Crippen LogP contribution in [0.25, 0.3) is 0 Å². The number of hydrogen-bond donors (Lipinski definition) is 2. The number of esters is 1. The molecule has 2 aliphatic heterocycles. The number of ether oxygens (including phenoxy) is 3. The topological polar surface area (TPSA) is 103 Å². The van der Waals surface area contributed by atoms with Crippen LogP contribution in [0.1, 0.15) is 13.3 Å². The number of carbonyl (C=O) groups excluding carboxylic acids is 3. The van der Waals surface area contributed by atoms with Gasteiger partial charge in [0, 0.05) is 23.9 Å². The van der Waals surface area contributed by atoms with Gasteiger partial charge in [0.05, 0.1) is 18.6 Å². The fourth-order valence-electron chi connectivity index (χ4n) is 2.71. The predicted octanol–water partition coefficient (Wildman–Crippen LogP) is 0.937. The lowest BCUT2D eigenvalue weighted by Crippen LogP contribution is -2.40. The number of benzene rings is 1. The predicted molar refractivity (Wildman–Crippen MR) is 82.2 cm³/mol. The van der Waals surface area contributed by atoms with Crippen LogP contribution in [0.5, 0.6) is 11.5 Å². The summed E-state index contributed by atoms with van der Waals surface area (Å²) in [6, 6.07) is 4.95. The maximum absolute atomic E-state index is 12.6. The number of anilines is 1. The van der Waals surface area contributed by atoms with Crippen LogP contribution in [0.3, 0.4) is 0 Å². The number of carbonyl (C=O) groups is 3. The highest BCUT2D eigenvalue weighted by Crippen LogP contribution is 2.34. The van der Waals surface area contributed by atoms with E-state index in [1.165, 1.54) is 7.11 Å². The van der Waals surface area contributed by atoms with Crippen LogP contribution in [0.2, 0.25) is 0 Å². The Hall–Kier alpha value is -3.03. The van der Waals surface area contributed by atoms with Gasteiger partial charge in [0.1, 0.15) is 0 Å². The van der Waals surface area contributed by atoms with Gasteiger partial charge in [-0.15, -0.1) is 0 Å². The summed E-state index contributed by atoms with van der Waals surface area (Å²) in [5.74, 6) is -1.24. The van der Waals surface area contributed by atoms with Crippen molar-refractivity contribution < 1.29 is 28.6 Å². The van der Waals surface area contributed by atoms with Crippen LogP contribution >= 0.6 is 0 Å². The Morgan fingerprint density at radius 2 is 2.04 bits per heavy atom. The summed E-state index contributed by atoms with van der Waals surface area (Å²) in [6.45, 7) is 1.69. The zero-order chi connectivity index (χ0) is 17.3. The first kappa shape index (κ1) is 15.9. The second kappa shape index (κ2) is 6.23. The van der Waals surface area contributed by atoms with Gasteiger partial charge in [-0.2, -0.15) is 0 Å². The van der Waals surface area contributed by atoms with Crippen LogP contribution < -0.4 is 20.1 Å². The van der Waals surface area contributed by atoms with Crippen LogP contribution in [0.15, 0.2) is 29.5 Å². The number of rotatable bonds is 3. The lowest BCUT2D eigenvalue weighted by atomic mass is 9.89. The van der Waals surface area contributed by atoms with Crippen molar-refractivity contribution in [3.8, 4) is 11.5 Å². The van der Waals surface area contributed by atoms with Gasteiger partial charge in [-0.1, -0.05) is 0 Å². The molecule has 2 amide bonds. The van der Waals surface area contributed by atoms with Crippen molar-refractivity contribution in [2.75, 3.05) is 19.2 Å². The molecule has 0 bridgehead atoms. The third kappa shape index (κ3) is 2.90. The van der Waals surface area contributed by atoms with E-state index in [9.17, 15) is 14.4 Å². The van der Waals surface area contributed by atoms with Gasteiger partial charge in [-0.3, -0.25) is 9.59 Å². The molecule has 8 nitrogen and oxygen atoms in total. The monoisotopic (exact) mass is 332 g/mol. The fraction of sp³-hybridized carbons (Fsp3) is 0.312. The van der Waals surface area contributed by atoms with E-state index in [-0.39, 0.29) is 24.7 Å². The maximum atomic E-state index is 12.6. The van der Waals surface area contributed by atoms with Crippen LogP contribution in [0, 0.1) is 5.92 Å². The van der Waals surface area contributed by atoms with E-state index in [0.717, 1.165) is 0 Å². The van der Waals surface area contributed by atoms with Gasteiger partial charge in [0.2, 0.25) is 18.6 Å². The number of hydrogen-bond acceptors (Lipinski definition) is 6. The van der Waals surface area contributed by atoms with Crippen molar-refractivity contribution in [3.63, 3.8) is 0 Å². The number of nitrogens with one attached hydrogen (secondary N) is 2. The van der Waals surface area contributed by atoms with Crippen molar-refractivity contribution in [1.29, 1.82) is 0 Å². The lowest BCUT2D eigenvalue weighted by Gasteiger charge is -2.25. The highest BCUT2D eigenvalue weighted by atomic mass is 16.7. The SMILES string of the molecule is COC(=O)C1=C(C)NC(=O)C[C@@H]1C(=O)Nc1ccc2c(c1)OCO2. The van der Waals surface area contributed by atoms with Gasteiger partial charge in [-0.05, 0) is 19.1 Å². The molecule has 0 spiro atoms. The molecule has 24 heavy (non-hydrogen) atoms. The summed E-state index contributed by atoms with van der Waals surface area (Å²) >= 11 is 0. The molecule has 1 atom stereocenters. The second-order valence-electron chi connectivity index (χ2n) is 5.39. The van der Waals surface area contributed by atoms with Gasteiger partial charge in [-0.25, -0.2) is 4.79 Å². The molecule has 2 aliphatic rings. The molecule has 0 aliphatic carbocycles. The number of amides is 2. The third-order valence-corrected chi connectivity index (χ3v) is 3.83. The molecule has 2 heterocycles. The minimum absolute atomic E-state index is 0.127. The molecule has 2 N–H and O–H groups in total. The first-order valence-corrected chi connectivity index (χ1v) is 7.29. The first-order valence-electron chi connectivity index (χ1n) is 7.29. The fourth-order valence-corrected chi connectivity index (χ4v) is 2.71. The van der Waals surface area contributed by atoms with Crippen molar-refractivity contribution in [2.24, 2.45) is 5.92 Å². The Morgan fingerprint density at radius 3 is 2.79 bits per heavy atom. The van der Waals surface area contributed by atoms with E-state index in [1.54, 1.807) is 25.1 Å². The van der Waals surface area contributed by atoms with Gasteiger partial charge >= 0.3 is 5.97 Å². The van der Waals surface area contributed by atoms with E-state index in [1.807, 2.05) is 0 Å². The molecule has 0 saturated carbocycles.